The number of amidine groups is 1. The Labute approximate surface area is 48.4 Å². The van der Waals surface area contributed by atoms with Crippen molar-refractivity contribution in [1.82, 2.24) is 5.32 Å². The molecule has 1 unspecified atom stereocenters. The minimum Gasteiger partial charge on any atom is -0.394 e. The largest absolute Gasteiger partial charge is 0.394 e. The van der Waals surface area contributed by atoms with Crippen molar-refractivity contribution in [2.24, 2.45) is 4.99 Å². The number of hydrogen-bond donors (Lipinski definition) is 2. The Kier molecular flexibility index (Phi) is 1.48. The number of nitrogens with one attached hydrogen (secondary N) is 1. The quantitative estimate of drug-likeness (QED) is 0.476. The molecule has 0 radical (unpaired) electrons. The molecule has 1 rings (SSSR count). The second-order valence-electron chi connectivity index (χ2n) is 1.95. The lowest BCUT2D eigenvalue weighted by atomic mass is 10.3. The summed E-state index contributed by atoms with van der Waals surface area (Å²) in [4.78, 5) is 4.03. The van der Waals surface area contributed by atoms with Gasteiger partial charge in [0.1, 0.15) is 0 Å². The van der Waals surface area contributed by atoms with Crippen molar-refractivity contribution in [3.63, 3.8) is 0 Å². The summed E-state index contributed by atoms with van der Waals surface area (Å²) in [6.07, 6.45) is 0. The number of aliphatic hydroxyl groups is 1. The molecule has 0 aliphatic carbocycles. The molecule has 0 saturated carbocycles. The van der Waals surface area contributed by atoms with Gasteiger partial charge in [-0.3, -0.25) is 4.99 Å². The lowest BCUT2D eigenvalue weighted by Crippen LogP contribution is -2.31. The molecule has 3 heteroatoms. The van der Waals surface area contributed by atoms with Crippen LogP contribution in [0, 0.1) is 0 Å². The number of rotatable bonds is 1. The highest BCUT2D eigenvalue weighted by Gasteiger charge is 2.11. The Morgan fingerprint density at radius 2 is 2.75 bits per heavy atom. The Balaban J connectivity index is 2.32. The van der Waals surface area contributed by atoms with E-state index in [2.05, 4.69) is 10.3 Å². The van der Waals surface area contributed by atoms with E-state index >= 15 is 0 Å². The van der Waals surface area contributed by atoms with Crippen LogP contribution < -0.4 is 5.32 Å². The normalized spacial score (nSPS) is 27.2. The number of hydrogen-bond acceptors (Lipinski definition) is 3. The van der Waals surface area contributed by atoms with Gasteiger partial charge >= 0.3 is 0 Å². The van der Waals surface area contributed by atoms with Gasteiger partial charge in [0.15, 0.2) is 0 Å². The Bertz CT molecular complexity index is 111. The zero-order valence-corrected chi connectivity index (χ0v) is 4.89. The van der Waals surface area contributed by atoms with Crippen LogP contribution in [0.15, 0.2) is 4.99 Å². The van der Waals surface area contributed by atoms with Crippen LogP contribution in [-0.2, 0) is 0 Å². The van der Waals surface area contributed by atoms with Gasteiger partial charge in [-0.15, -0.1) is 0 Å². The summed E-state index contributed by atoms with van der Waals surface area (Å²) in [5, 5.41) is 11.6. The van der Waals surface area contributed by atoms with Gasteiger partial charge in [0, 0.05) is 0 Å². The molecule has 0 aromatic heterocycles. The lowest BCUT2D eigenvalue weighted by molar-refractivity contribution is 0.263. The standard InChI is InChI=1S/C5H10N2O/c1-4-6-2-5(3-8)7-4/h5,8H,2-3H2,1H3,(H,6,7). The van der Waals surface area contributed by atoms with Crippen molar-refractivity contribution in [2.75, 3.05) is 13.2 Å². The second kappa shape index (κ2) is 2.13. The van der Waals surface area contributed by atoms with Crippen LogP contribution in [0.3, 0.4) is 0 Å². The number of aliphatic imine (C=N–C) groups is 1. The van der Waals surface area contributed by atoms with E-state index in [9.17, 15) is 0 Å². The summed E-state index contributed by atoms with van der Waals surface area (Å²) < 4.78 is 0. The molecule has 3 nitrogen and oxygen atoms in total. The third-order valence-corrected chi connectivity index (χ3v) is 1.18. The van der Waals surface area contributed by atoms with E-state index in [4.69, 9.17) is 5.11 Å². The molecule has 1 heterocycles. The molecule has 0 aromatic carbocycles. The predicted octanol–water partition coefficient (Wildman–Crippen LogP) is -0.631. The summed E-state index contributed by atoms with van der Waals surface area (Å²) in [5.74, 6) is 0.934. The monoisotopic (exact) mass is 114 g/mol. The molecule has 0 amide bonds. The third kappa shape index (κ3) is 0.980. The molecule has 0 aromatic rings. The first-order valence-corrected chi connectivity index (χ1v) is 2.71. The third-order valence-electron chi connectivity index (χ3n) is 1.18. The van der Waals surface area contributed by atoms with E-state index in [0.29, 0.717) is 0 Å². The summed E-state index contributed by atoms with van der Waals surface area (Å²) in [5.41, 5.74) is 0. The van der Waals surface area contributed by atoms with Crippen molar-refractivity contribution >= 4 is 5.84 Å². The van der Waals surface area contributed by atoms with Crippen molar-refractivity contribution < 1.29 is 5.11 Å². The Morgan fingerprint density at radius 1 is 2.00 bits per heavy atom. The zero-order valence-electron chi connectivity index (χ0n) is 4.89. The van der Waals surface area contributed by atoms with Gasteiger partial charge in [0.2, 0.25) is 0 Å². The molecule has 0 saturated heterocycles. The van der Waals surface area contributed by atoms with Crippen molar-refractivity contribution in [1.29, 1.82) is 0 Å². The van der Waals surface area contributed by atoms with Crippen molar-refractivity contribution in [3.8, 4) is 0 Å². The fraction of sp³-hybridized carbons (Fsp3) is 0.800. The van der Waals surface area contributed by atoms with Gasteiger partial charge in [-0.25, -0.2) is 0 Å². The first-order valence-electron chi connectivity index (χ1n) is 2.71. The average molecular weight is 114 g/mol. The van der Waals surface area contributed by atoms with E-state index < -0.39 is 0 Å². The first-order chi connectivity index (χ1) is 3.83. The number of nitrogens with zero attached hydrogens (tertiary/aromatic N) is 1. The minimum atomic E-state index is 0.176. The van der Waals surface area contributed by atoms with Crippen LogP contribution in [0.5, 0.6) is 0 Å². The average Bonchev–Trinajstić information content (AvgIpc) is 2.14. The van der Waals surface area contributed by atoms with E-state index in [1.807, 2.05) is 6.92 Å². The summed E-state index contributed by atoms with van der Waals surface area (Å²) >= 11 is 0. The van der Waals surface area contributed by atoms with Crippen molar-refractivity contribution in [3.05, 3.63) is 0 Å². The van der Waals surface area contributed by atoms with Gasteiger partial charge in [0.25, 0.3) is 0 Å². The molecule has 0 fully saturated rings. The molecule has 46 valence electrons. The maximum absolute atomic E-state index is 8.55. The molecule has 1 aliphatic rings. The van der Waals surface area contributed by atoms with Crippen LogP contribution in [0.2, 0.25) is 0 Å². The Hall–Kier alpha value is -0.570. The fourth-order valence-electron chi connectivity index (χ4n) is 0.737. The van der Waals surface area contributed by atoms with E-state index in [1.54, 1.807) is 0 Å². The molecule has 0 spiro atoms. The highest BCUT2D eigenvalue weighted by molar-refractivity contribution is 5.81. The summed E-state index contributed by atoms with van der Waals surface area (Å²) in [6, 6.07) is 0.176. The van der Waals surface area contributed by atoms with Gasteiger partial charge in [0.05, 0.1) is 25.0 Å². The Morgan fingerprint density at radius 3 is 3.00 bits per heavy atom. The molecule has 1 aliphatic heterocycles. The van der Waals surface area contributed by atoms with Crippen LogP contribution in [-0.4, -0.2) is 30.1 Å². The number of aliphatic hydroxyl groups excluding tert-OH is 1. The van der Waals surface area contributed by atoms with Crippen molar-refractivity contribution in [2.45, 2.75) is 13.0 Å². The van der Waals surface area contributed by atoms with Crippen LogP contribution in [0.4, 0.5) is 0 Å². The van der Waals surface area contributed by atoms with Crippen LogP contribution >= 0.6 is 0 Å². The first kappa shape index (κ1) is 5.56. The molecular formula is C5H10N2O. The molecular weight excluding hydrogens is 104 g/mol. The minimum absolute atomic E-state index is 0.176. The SMILES string of the molecule is CC1=NCC(CO)N1. The summed E-state index contributed by atoms with van der Waals surface area (Å²) in [7, 11) is 0. The zero-order chi connectivity index (χ0) is 5.98. The molecule has 2 N–H and O–H groups in total. The highest BCUT2D eigenvalue weighted by Crippen LogP contribution is 1.92. The topological polar surface area (TPSA) is 44.6 Å². The van der Waals surface area contributed by atoms with Crippen LogP contribution in [0.1, 0.15) is 6.92 Å². The van der Waals surface area contributed by atoms with Gasteiger partial charge in [-0.2, -0.15) is 0 Å². The lowest BCUT2D eigenvalue weighted by Gasteiger charge is -2.03. The predicted molar refractivity (Wildman–Crippen MR) is 32.0 cm³/mol. The van der Waals surface area contributed by atoms with Gasteiger partial charge < -0.3 is 10.4 Å². The van der Waals surface area contributed by atoms with E-state index in [0.717, 1.165) is 12.4 Å². The summed E-state index contributed by atoms with van der Waals surface area (Å²) in [6.45, 7) is 2.80. The molecule has 1 atom stereocenters. The molecule has 0 bridgehead atoms. The van der Waals surface area contributed by atoms with Crippen LogP contribution in [0.25, 0.3) is 0 Å². The maximum atomic E-state index is 8.55. The van der Waals surface area contributed by atoms with Gasteiger partial charge in [-0.05, 0) is 6.92 Å². The van der Waals surface area contributed by atoms with Gasteiger partial charge in [-0.1, -0.05) is 0 Å². The van der Waals surface area contributed by atoms with E-state index in [-0.39, 0.29) is 12.6 Å². The maximum Gasteiger partial charge on any atom is 0.0936 e. The fourth-order valence-corrected chi connectivity index (χ4v) is 0.737. The highest BCUT2D eigenvalue weighted by atomic mass is 16.3. The smallest absolute Gasteiger partial charge is 0.0936 e. The van der Waals surface area contributed by atoms with E-state index in [1.165, 1.54) is 0 Å². The second-order valence-corrected chi connectivity index (χ2v) is 1.95. The molecule has 8 heavy (non-hydrogen) atoms.